The number of H-pyrrole nitrogens is 1. The van der Waals surface area contributed by atoms with Gasteiger partial charge in [-0.15, -0.1) is 0 Å². The smallest absolute Gasteiger partial charge is 0.272 e. The molecule has 2 heterocycles. The lowest BCUT2D eigenvalue weighted by atomic mass is 10.2. The van der Waals surface area contributed by atoms with Crippen LogP contribution in [0.2, 0.25) is 0 Å². The van der Waals surface area contributed by atoms with Crippen LogP contribution < -0.4 is 5.32 Å². The number of aromatic nitrogens is 2. The number of fused-ring (bicyclic) bond motifs is 1. The van der Waals surface area contributed by atoms with Crippen LogP contribution in [0, 0.1) is 0 Å². The van der Waals surface area contributed by atoms with Gasteiger partial charge in [0.1, 0.15) is 0 Å². The fourth-order valence-corrected chi connectivity index (χ4v) is 2.08. The first-order valence-electron chi connectivity index (χ1n) is 6.25. The quantitative estimate of drug-likeness (QED) is 0.853. The Morgan fingerprint density at radius 2 is 2.32 bits per heavy atom. The standard InChI is InChI=1S/C13H15N3O3/c17-13(14-7-9-8-18-5-6-19-9)12-10-3-1-2-4-11(10)15-16-12/h1-4,9H,5-8H2,(H,14,17)(H,15,16). The highest BCUT2D eigenvalue weighted by Crippen LogP contribution is 2.14. The average molecular weight is 261 g/mol. The Labute approximate surface area is 110 Å². The van der Waals surface area contributed by atoms with Crippen molar-refractivity contribution in [3.63, 3.8) is 0 Å². The third-order valence-corrected chi connectivity index (χ3v) is 3.06. The third-order valence-electron chi connectivity index (χ3n) is 3.06. The maximum atomic E-state index is 12.1. The molecule has 1 aliphatic heterocycles. The summed E-state index contributed by atoms with van der Waals surface area (Å²) in [7, 11) is 0. The molecule has 0 spiro atoms. The molecule has 3 rings (SSSR count). The summed E-state index contributed by atoms with van der Waals surface area (Å²) in [5.74, 6) is -0.202. The van der Waals surface area contributed by atoms with E-state index < -0.39 is 0 Å². The number of ether oxygens (including phenoxy) is 2. The lowest BCUT2D eigenvalue weighted by Gasteiger charge is -2.22. The van der Waals surface area contributed by atoms with E-state index in [0.29, 0.717) is 32.1 Å². The zero-order chi connectivity index (χ0) is 13.1. The van der Waals surface area contributed by atoms with Crippen LogP contribution in [-0.4, -0.2) is 48.6 Å². The molecule has 0 aliphatic carbocycles. The Hall–Kier alpha value is -1.92. The number of rotatable bonds is 3. The molecule has 0 bridgehead atoms. The molecule has 1 fully saturated rings. The van der Waals surface area contributed by atoms with Crippen LogP contribution in [0.15, 0.2) is 24.3 Å². The molecule has 1 aliphatic rings. The number of nitrogens with one attached hydrogen (secondary N) is 2. The van der Waals surface area contributed by atoms with Gasteiger partial charge in [-0.3, -0.25) is 9.89 Å². The van der Waals surface area contributed by atoms with Gasteiger partial charge in [-0.2, -0.15) is 5.10 Å². The second-order valence-electron chi connectivity index (χ2n) is 4.40. The van der Waals surface area contributed by atoms with Gasteiger partial charge < -0.3 is 14.8 Å². The third kappa shape index (κ3) is 2.59. The molecule has 2 N–H and O–H groups in total. The van der Waals surface area contributed by atoms with Gasteiger partial charge >= 0.3 is 0 Å². The first-order valence-corrected chi connectivity index (χ1v) is 6.25. The molecule has 0 radical (unpaired) electrons. The molecule has 1 aromatic heterocycles. The van der Waals surface area contributed by atoms with Gasteiger partial charge in [-0.05, 0) is 6.07 Å². The van der Waals surface area contributed by atoms with Gasteiger partial charge in [0, 0.05) is 11.9 Å². The Morgan fingerprint density at radius 3 is 3.16 bits per heavy atom. The summed E-state index contributed by atoms with van der Waals surface area (Å²) in [6.07, 6.45) is -0.0806. The van der Waals surface area contributed by atoms with Crippen molar-refractivity contribution in [3.8, 4) is 0 Å². The minimum absolute atomic E-state index is 0.0806. The lowest BCUT2D eigenvalue weighted by Crippen LogP contribution is -2.39. The largest absolute Gasteiger partial charge is 0.376 e. The van der Waals surface area contributed by atoms with E-state index in [9.17, 15) is 4.79 Å². The number of nitrogens with zero attached hydrogens (tertiary/aromatic N) is 1. The summed E-state index contributed by atoms with van der Waals surface area (Å²) >= 11 is 0. The molecule has 1 unspecified atom stereocenters. The molecule has 1 saturated heterocycles. The number of hydrogen-bond acceptors (Lipinski definition) is 4. The molecular formula is C13H15N3O3. The van der Waals surface area contributed by atoms with Gasteiger partial charge in [0.15, 0.2) is 5.69 Å². The van der Waals surface area contributed by atoms with Crippen LogP contribution in [0.5, 0.6) is 0 Å². The molecule has 2 aromatic rings. The monoisotopic (exact) mass is 261 g/mol. The van der Waals surface area contributed by atoms with Gasteiger partial charge in [0.25, 0.3) is 5.91 Å². The van der Waals surface area contributed by atoms with Crippen molar-refractivity contribution in [1.82, 2.24) is 15.5 Å². The van der Waals surface area contributed by atoms with E-state index in [1.807, 2.05) is 24.3 Å². The Morgan fingerprint density at radius 1 is 1.42 bits per heavy atom. The maximum absolute atomic E-state index is 12.1. The molecule has 1 amide bonds. The fraction of sp³-hybridized carbons (Fsp3) is 0.385. The lowest BCUT2D eigenvalue weighted by molar-refractivity contribution is -0.0855. The van der Waals surface area contributed by atoms with Crippen LogP contribution in [0.1, 0.15) is 10.5 Å². The normalized spacial score (nSPS) is 19.5. The predicted molar refractivity (Wildman–Crippen MR) is 69.0 cm³/mol. The van der Waals surface area contributed by atoms with Gasteiger partial charge in [0.2, 0.25) is 0 Å². The highest BCUT2D eigenvalue weighted by Gasteiger charge is 2.18. The highest BCUT2D eigenvalue weighted by molar-refractivity contribution is 6.04. The Balaban J connectivity index is 1.66. The van der Waals surface area contributed by atoms with Crippen LogP contribution in [0.3, 0.4) is 0 Å². The van der Waals surface area contributed by atoms with Crippen molar-refractivity contribution in [2.75, 3.05) is 26.4 Å². The van der Waals surface area contributed by atoms with E-state index in [-0.39, 0.29) is 12.0 Å². The van der Waals surface area contributed by atoms with E-state index in [1.165, 1.54) is 0 Å². The summed E-state index contributed by atoms with van der Waals surface area (Å²) in [4.78, 5) is 12.1. The minimum atomic E-state index is -0.202. The van der Waals surface area contributed by atoms with Crippen molar-refractivity contribution in [3.05, 3.63) is 30.0 Å². The van der Waals surface area contributed by atoms with Crippen molar-refractivity contribution in [2.24, 2.45) is 0 Å². The van der Waals surface area contributed by atoms with E-state index >= 15 is 0 Å². The number of aromatic amines is 1. The van der Waals surface area contributed by atoms with Crippen molar-refractivity contribution >= 4 is 16.8 Å². The molecule has 6 heteroatoms. The van der Waals surface area contributed by atoms with Gasteiger partial charge in [-0.1, -0.05) is 18.2 Å². The molecule has 6 nitrogen and oxygen atoms in total. The summed E-state index contributed by atoms with van der Waals surface area (Å²) in [5.41, 5.74) is 1.26. The van der Waals surface area contributed by atoms with E-state index in [1.54, 1.807) is 0 Å². The molecular weight excluding hydrogens is 246 g/mol. The summed E-state index contributed by atoms with van der Waals surface area (Å²) in [6, 6.07) is 7.54. The van der Waals surface area contributed by atoms with Crippen LogP contribution >= 0.6 is 0 Å². The molecule has 1 atom stereocenters. The van der Waals surface area contributed by atoms with E-state index in [4.69, 9.17) is 9.47 Å². The number of hydrogen-bond donors (Lipinski definition) is 2. The fourth-order valence-electron chi connectivity index (χ4n) is 2.08. The number of carbonyl (C=O) groups excluding carboxylic acids is 1. The topological polar surface area (TPSA) is 76.2 Å². The van der Waals surface area contributed by atoms with E-state index in [2.05, 4.69) is 15.5 Å². The second kappa shape index (κ2) is 5.38. The zero-order valence-corrected chi connectivity index (χ0v) is 10.4. The molecule has 1 aromatic carbocycles. The SMILES string of the molecule is O=C(NCC1COCCO1)c1n[nH]c2ccccc12. The summed E-state index contributed by atoms with van der Waals surface area (Å²) < 4.78 is 10.7. The van der Waals surface area contributed by atoms with E-state index in [0.717, 1.165) is 10.9 Å². The molecule has 0 saturated carbocycles. The molecule has 19 heavy (non-hydrogen) atoms. The average Bonchev–Trinajstić information content (AvgIpc) is 2.90. The van der Waals surface area contributed by atoms with Crippen LogP contribution in [-0.2, 0) is 9.47 Å². The highest BCUT2D eigenvalue weighted by atomic mass is 16.6. The van der Waals surface area contributed by atoms with Crippen LogP contribution in [0.4, 0.5) is 0 Å². The van der Waals surface area contributed by atoms with Crippen molar-refractivity contribution in [1.29, 1.82) is 0 Å². The first kappa shape index (κ1) is 12.1. The number of benzene rings is 1. The minimum Gasteiger partial charge on any atom is -0.376 e. The Kier molecular flexibility index (Phi) is 3.43. The maximum Gasteiger partial charge on any atom is 0.272 e. The van der Waals surface area contributed by atoms with Crippen LogP contribution in [0.25, 0.3) is 10.9 Å². The number of amides is 1. The number of para-hydroxylation sites is 1. The first-order chi connectivity index (χ1) is 9.34. The van der Waals surface area contributed by atoms with Gasteiger partial charge in [-0.25, -0.2) is 0 Å². The summed E-state index contributed by atoms with van der Waals surface area (Å²) in [5, 5.41) is 10.5. The second-order valence-corrected chi connectivity index (χ2v) is 4.40. The molecule has 100 valence electrons. The predicted octanol–water partition coefficient (Wildman–Crippen LogP) is 0.708. The zero-order valence-electron chi connectivity index (χ0n) is 10.4. The summed E-state index contributed by atoms with van der Waals surface area (Å²) in [6.45, 7) is 2.14. The van der Waals surface area contributed by atoms with Gasteiger partial charge in [0.05, 0.1) is 31.4 Å². The van der Waals surface area contributed by atoms with Crippen molar-refractivity contribution in [2.45, 2.75) is 6.10 Å². The van der Waals surface area contributed by atoms with Crippen molar-refractivity contribution < 1.29 is 14.3 Å². The number of carbonyl (C=O) groups is 1. The Bertz CT molecular complexity index is 575.